The summed E-state index contributed by atoms with van der Waals surface area (Å²) < 4.78 is 45.3. The minimum Gasteiger partial charge on any atom is -0.388 e. The quantitative estimate of drug-likeness (QED) is 0.446. The first-order valence-corrected chi connectivity index (χ1v) is 7.66. The van der Waals surface area contributed by atoms with Crippen LogP contribution in [0.2, 0.25) is 0 Å². The molecule has 0 aliphatic carbocycles. The van der Waals surface area contributed by atoms with E-state index < -0.39 is 24.9 Å². The SMILES string of the molecule is CN(CCC(=N)N)S(=O)(=O)CS(C)(=O)=O. The fourth-order valence-electron chi connectivity index (χ4n) is 0.777. The Bertz CT molecular complexity index is 425. The lowest BCUT2D eigenvalue weighted by Gasteiger charge is -2.15. The number of nitrogens with one attached hydrogen (secondary N) is 1. The van der Waals surface area contributed by atoms with E-state index in [0.29, 0.717) is 0 Å². The first-order valence-electron chi connectivity index (χ1n) is 3.99. The normalized spacial score (nSPS) is 13.0. The number of nitrogens with zero attached hydrogens (tertiary/aromatic N) is 1. The van der Waals surface area contributed by atoms with Crippen LogP contribution in [0.4, 0.5) is 0 Å². The van der Waals surface area contributed by atoms with E-state index in [2.05, 4.69) is 0 Å². The van der Waals surface area contributed by atoms with Crippen LogP contribution >= 0.6 is 0 Å². The van der Waals surface area contributed by atoms with Crippen LogP contribution < -0.4 is 5.73 Å². The van der Waals surface area contributed by atoms with Gasteiger partial charge in [-0.15, -0.1) is 0 Å². The molecule has 0 bridgehead atoms. The molecule has 0 spiro atoms. The molecule has 9 heteroatoms. The number of nitrogens with two attached hydrogens (primary N) is 1. The van der Waals surface area contributed by atoms with Crippen molar-refractivity contribution < 1.29 is 16.8 Å². The molecule has 3 N–H and O–H groups in total. The van der Waals surface area contributed by atoms with E-state index in [9.17, 15) is 16.8 Å². The Kier molecular flexibility index (Phi) is 4.68. The maximum Gasteiger partial charge on any atom is 0.228 e. The highest BCUT2D eigenvalue weighted by Gasteiger charge is 2.23. The van der Waals surface area contributed by atoms with E-state index in [1.165, 1.54) is 7.05 Å². The first-order chi connectivity index (χ1) is 6.54. The third-order valence-corrected chi connectivity index (χ3v) is 5.57. The monoisotopic (exact) mass is 257 g/mol. The van der Waals surface area contributed by atoms with Gasteiger partial charge < -0.3 is 5.73 Å². The Labute approximate surface area is 89.7 Å². The second-order valence-corrected chi connectivity index (χ2v) is 7.83. The Morgan fingerprint density at radius 1 is 1.33 bits per heavy atom. The molecule has 0 radical (unpaired) electrons. The average molecular weight is 257 g/mol. The Morgan fingerprint density at radius 3 is 2.13 bits per heavy atom. The Hall–Kier alpha value is -0.670. The van der Waals surface area contributed by atoms with Crippen molar-refractivity contribution in [2.24, 2.45) is 5.73 Å². The van der Waals surface area contributed by atoms with Gasteiger partial charge in [0.25, 0.3) is 0 Å². The van der Waals surface area contributed by atoms with Crippen LogP contribution in [0.5, 0.6) is 0 Å². The van der Waals surface area contributed by atoms with Crippen LogP contribution in [0.25, 0.3) is 0 Å². The molecule has 0 fully saturated rings. The van der Waals surface area contributed by atoms with Crippen LogP contribution in [0.3, 0.4) is 0 Å². The number of amidine groups is 1. The maximum absolute atomic E-state index is 11.4. The van der Waals surface area contributed by atoms with Crippen molar-refractivity contribution in [2.75, 3.05) is 24.9 Å². The average Bonchev–Trinajstić information content (AvgIpc) is 1.94. The molecule has 0 aliphatic rings. The standard InChI is InChI=1S/C6H15N3O4S2/c1-9(4-3-6(7)8)15(12,13)5-14(2,10)11/h3-5H2,1-2H3,(H3,7,8). The highest BCUT2D eigenvalue weighted by Crippen LogP contribution is 2.02. The second-order valence-electron chi connectivity index (χ2n) is 3.25. The fourth-order valence-corrected chi connectivity index (χ4v) is 4.03. The predicted molar refractivity (Wildman–Crippen MR) is 57.8 cm³/mol. The van der Waals surface area contributed by atoms with E-state index in [-0.39, 0.29) is 18.8 Å². The molecule has 7 nitrogen and oxygen atoms in total. The Balaban J connectivity index is 4.54. The summed E-state index contributed by atoms with van der Waals surface area (Å²) in [7, 11) is -6.15. The molecule has 0 aliphatic heterocycles. The molecule has 15 heavy (non-hydrogen) atoms. The molecule has 0 aromatic carbocycles. The summed E-state index contributed by atoms with van der Waals surface area (Å²) in [6, 6.07) is 0. The topological polar surface area (TPSA) is 121 Å². The molecule has 0 saturated carbocycles. The van der Waals surface area contributed by atoms with Gasteiger partial charge in [0.15, 0.2) is 14.9 Å². The zero-order valence-corrected chi connectivity index (χ0v) is 10.2. The van der Waals surface area contributed by atoms with Crippen molar-refractivity contribution >= 4 is 25.7 Å². The van der Waals surface area contributed by atoms with E-state index in [0.717, 1.165) is 10.6 Å². The van der Waals surface area contributed by atoms with Crippen molar-refractivity contribution in [3.8, 4) is 0 Å². The van der Waals surface area contributed by atoms with Crippen LogP contribution in [-0.4, -0.2) is 51.9 Å². The minimum absolute atomic E-state index is 0.00713. The fraction of sp³-hybridized carbons (Fsp3) is 0.833. The van der Waals surface area contributed by atoms with Gasteiger partial charge in [-0.25, -0.2) is 21.1 Å². The molecule has 90 valence electrons. The number of hydrogen-bond donors (Lipinski definition) is 2. The molecule has 0 atom stereocenters. The summed E-state index contributed by atoms with van der Waals surface area (Å²) in [5, 5.41) is 5.99. The van der Waals surface area contributed by atoms with Gasteiger partial charge in [-0.05, 0) is 0 Å². The van der Waals surface area contributed by atoms with Crippen LogP contribution in [0, 0.1) is 5.41 Å². The lowest BCUT2D eigenvalue weighted by Crippen LogP contribution is -2.34. The molecule has 0 rings (SSSR count). The van der Waals surface area contributed by atoms with Crippen LogP contribution in [-0.2, 0) is 19.9 Å². The predicted octanol–water partition coefficient (Wildman–Crippen LogP) is -1.42. The minimum atomic E-state index is -3.82. The van der Waals surface area contributed by atoms with Gasteiger partial charge in [0.2, 0.25) is 10.0 Å². The van der Waals surface area contributed by atoms with Crippen LogP contribution in [0.15, 0.2) is 0 Å². The van der Waals surface area contributed by atoms with Crippen molar-refractivity contribution in [2.45, 2.75) is 6.42 Å². The molecule has 0 saturated heterocycles. The second kappa shape index (κ2) is 4.90. The van der Waals surface area contributed by atoms with Crippen molar-refractivity contribution in [1.82, 2.24) is 4.31 Å². The smallest absolute Gasteiger partial charge is 0.228 e. The Morgan fingerprint density at radius 2 is 1.80 bits per heavy atom. The summed E-state index contributed by atoms with van der Waals surface area (Å²) in [5.41, 5.74) is 5.05. The number of sulfone groups is 1. The van der Waals surface area contributed by atoms with Gasteiger partial charge in [-0.1, -0.05) is 0 Å². The molecule has 0 unspecified atom stereocenters. The van der Waals surface area contributed by atoms with E-state index in [1.807, 2.05) is 0 Å². The lowest BCUT2D eigenvalue weighted by molar-refractivity contribution is 0.481. The van der Waals surface area contributed by atoms with Crippen molar-refractivity contribution in [1.29, 1.82) is 5.41 Å². The number of sulfonamides is 1. The largest absolute Gasteiger partial charge is 0.388 e. The van der Waals surface area contributed by atoms with Crippen molar-refractivity contribution in [3.05, 3.63) is 0 Å². The molecule has 0 aromatic rings. The summed E-state index contributed by atoms with van der Waals surface area (Å²) >= 11 is 0. The van der Waals surface area contributed by atoms with E-state index >= 15 is 0 Å². The lowest BCUT2D eigenvalue weighted by atomic mass is 10.4. The molecule has 0 amide bonds. The third kappa shape index (κ3) is 6.42. The van der Waals surface area contributed by atoms with Gasteiger partial charge in [0.05, 0.1) is 5.84 Å². The van der Waals surface area contributed by atoms with Gasteiger partial charge in [-0.2, -0.15) is 0 Å². The van der Waals surface area contributed by atoms with E-state index in [4.69, 9.17) is 11.1 Å². The van der Waals surface area contributed by atoms with Crippen LogP contribution in [0.1, 0.15) is 6.42 Å². The van der Waals surface area contributed by atoms with Crippen molar-refractivity contribution in [3.63, 3.8) is 0 Å². The molecular weight excluding hydrogens is 242 g/mol. The summed E-state index contributed by atoms with van der Waals surface area (Å²) in [4.78, 5) is 0. The zero-order valence-electron chi connectivity index (χ0n) is 8.60. The van der Waals surface area contributed by atoms with E-state index in [1.54, 1.807) is 0 Å². The highest BCUT2D eigenvalue weighted by atomic mass is 32.3. The number of rotatable bonds is 6. The highest BCUT2D eigenvalue weighted by molar-refractivity contribution is 8.06. The maximum atomic E-state index is 11.4. The zero-order chi connectivity index (χ0) is 12.3. The van der Waals surface area contributed by atoms with Gasteiger partial charge >= 0.3 is 0 Å². The third-order valence-electron chi connectivity index (χ3n) is 1.53. The van der Waals surface area contributed by atoms with Gasteiger partial charge in [0, 0.05) is 26.3 Å². The summed E-state index contributed by atoms with van der Waals surface area (Å²) in [6.07, 6.45) is 0.933. The first kappa shape index (κ1) is 14.3. The molecule has 0 aromatic heterocycles. The summed E-state index contributed by atoms with van der Waals surface area (Å²) in [6.45, 7) is 0.00713. The molecular formula is C6H15N3O4S2. The molecule has 0 heterocycles. The van der Waals surface area contributed by atoms with Gasteiger partial charge in [-0.3, -0.25) is 5.41 Å². The summed E-state index contributed by atoms with van der Waals surface area (Å²) in [5.74, 6) is -0.142. The number of hydrogen-bond acceptors (Lipinski definition) is 5. The van der Waals surface area contributed by atoms with Gasteiger partial charge in [0.1, 0.15) is 0 Å².